The Kier molecular flexibility index (Phi) is 4.87. The normalized spacial score (nSPS) is 10.2. The molecule has 0 saturated heterocycles. The second kappa shape index (κ2) is 7.23. The van der Waals surface area contributed by atoms with E-state index in [2.05, 4.69) is 46.7 Å². The predicted molar refractivity (Wildman–Crippen MR) is 101 cm³/mol. The van der Waals surface area contributed by atoms with E-state index in [-0.39, 0.29) is 5.91 Å². The number of allylic oxidation sites excluding steroid dienone is 1. The second-order valence-electron chi connectivity index (χ2n) is 5.69. The topological polar surface area (TPSA) is 42.0 Å². The molecule has 24 heavy (non-hydrogen) atoms. The molecule has 0 bridgehead atoms. The lowest BCUT2D eigenvalue weighted by atomic mass is 10.0. The minimum atomic E-state index is -0.143. The molecule has 120 valence electrons. The van der Waals surface area contributed by atoms with Crippen molar-refractivity contribution in [1.82, 2.24) is 4.98 Å². The summed E-state index contributed by atoms with van der Waals surface area (Å²) in [6, 6.07) is 18.5. The fourth-order valence-corrected chi connectivity index (χ4v) is 3.05. The molecule has 1 aromatic heterocycles. The summed E-state index contributed by atoms with van der Waals surface area (Å²) in [5, 5.41) is 5.36. The zero-order chi connectivity index (χ0) is 16.9. The third kappa shape index (κ3) is 3.97. The first-order chi connectivity index (χ1) is 11.6. The maximum absolute atomic E-state index is 11.7. The van der Waals surface area contributed by atoms with Gasteiger partial charge in [-0.05, 0) is 25.0 Å². The molecule has 0 radical (unpaired) electrons. The van der Waals surface area contributed by atoms with E-state index in [1.54, 1.807) is 6.08 Å². The summed E-state index contributed by atoms with van der Waals surface area (Å²) in [6.45, 7) is 3.78. The van der Waals surface area contributed by atoms with Crippen molar-refractivity contribution in [3.05, 3.63) is 71.6 Å². The van der Waals surface area contributed by atoms with Gasteiger partial charge in [0.25, 0.3) is 0 Å². The largest absolute Gasteiger partial charge is 0.298 e. The van der Waals surface area contributed by atoms with Crippen LogP contribution in [-0.4, -0.2) is 10.9 Å². The summed E-state index contributed by atoms with van der Waals surface area (Å²) in [4.78, 5) is 16.2. The molecule has 0 spiro atoms. The molecular formula is C20H18N2OS. The van der Waals surface area contributed by atoms with Gasteiger partial charge in [-0.3, -0.25) is 10.1 Å². The molecular weight excluding hydrogens is 316 g/mol. The van der Waals surface area contributed by atoms with E-state index >= 15 is 0 Å². The number of carbonyl (C=O) groups excluding carboxylic acids is 1. The van der Waals surface area contributed by atoms with Gasteiger partial charge in [0, 0.05) is 17.0 Å². The monoisotopic (exact) mass is 334 g/mol. The lowest BCUT2D eigenvalue weighted by Gasteiger charge is -2.03. The zero-order valence-corrected chi connectivity index (χ0v) is 14.4. The lowest BCUT2D eigenvalue weighted by molar-refractivity contribution is -0.111. The number of hydrogen-bond acceptors (Lipinski definition) is 3. The third-order valence-electron chi connectivity index (χ3n) is 3.44. The van der Waals surface area contributed by atoms with Gasteiger partial charge >= 0.3 is 0 Å². The minimum absolute atomic E-state index is 0.143. The van der Waals surface area contributed by atoms with Crippen LogP contribution in [0.2, 0.25) is 0 Å². The van der Waals surface area contributed by atoms with Crippen LogP contribution in [0.3, 0.4) is 0 Å². The van der Waals surface area contributed by atoms with Crippen LogP contribution in [0.15, 0.2) is 71.6 Å². The van der Waals surface area contributed by atoms with Crippen molar-refractivity contribution in [3.63, 3.8) is 0 Å². The quantitative estimate of drug-likeness (QED) is 0.651. The molecule has 1 N–H and O–H groups in total. The molecule has 0 fully saturated rings. The van der Waals surface area contributed by atoms with Gasteiger partial charge in [0.1, 0.15) is 0 Å². The van der Waals surface area contributed by atoms with Crippen molar-refractivity contribution >= 4 is 22.4 Å². The highest BCUT2D eigenvalue weighted by atomic mass is 32.1. The fourth-order valence-electron chi connectivity index (χ4n) is 2.33. The van der Waals surface area contributed by atoms with E-state index in [1.165, 1.54) is 22.5 Å². The number of aromatic nitrogens is 1. The van der Waals surface area contributed by atoms with E-state index in [0.717, 1.165) is 16.8 Å². The van der Waals surface area contributed by atoms with Crippen LogP contribution in [0, 0.1) is 0 Å². The number of rotatable bonds is 4. The minimum Gasteiger partial charge on any atom is -0.298 e. The first-order valence-electron chi connectivity index (χ1n) is 7.69. The summed E-state index contributed by atoms with van der Waals surface area (Å²) >= 11 is 1.43. The average molecular weight is 334 g/mol. The van der Waals surface area contributed by atoms with Crippen molar-refractivity contribution < 1.29 is 4.79 Å². The molecule has 0 aliphatic heterocycles. The second-order valence-corrected chi connectivity index (χ2v) is 6.55. The first-order valence-corrected chi connectivity index (χ1v) is 8.57. The Morgan fingerprint density at radius 1 is 0.958 bits per heavy atom. The molecule has 3 aromatic rings. The number of benzene rings is 2. The maximum atomic E-state index is 11.7. The number of carbonyl (C=O) groups is 1. The summed E-state index contributed by atoms with van der Waals surface area (Å²) < 4.78 is 0. The molecule has 0 aliphatic carbocycles. The van der Waals surface area contributed by atoms with Gasteiger partial charge in [-0.15, -0.1) is 11.3 Å². The molecule has 0 unspecified atom stereocenters. The standard InChI is InChI=1S/C20H18N2OS/c1-14(2)12-19(23)22-20-21-18(13-24-20)17-10-8-16(9-11-17)15-6-4-3-5-7-15/h3-13H,1-2H3,(H,21,22,23). The van der Waals surface area contributed by atoms with Gasteiger partial charge in [0.05, 0.1) is 5.69 Å². The van der Waals surface area contributed by atoms with E-state index in [0.29, 0.717) is 5.13 Å². The van der Waals surface area contributed by atoms with Crippen LogP contribution in [0.5, 0.6) is 0 Å². The SMILES string of the molecule is CC(C)=CC(=O)Nc1nc(-c2ccc(-c3ccccc3)cc2)cs1. The molecule has 0 atom stereocenters. The Hall–Kier alpha value is -2.72. The van der Waals surface area contributed by atoms with Crippen molar-refractivity contribution in [2.75, 3.05) is 5.32 Å². The number of anilines is 1. The molecule has 1 amide bonds. The summed E-state index contributed by atoms with van der Waals surface area (Å²) in [5.41, 5.74) is 5.23. The van der Waals surface area contributed by atoms with E-state index < -0.39 is 0 Å². The van der Waals surface area contributed by atoms with Crippen LogP contribution in [-0.2, 0) is 4.79 Å². The van der Waals surface area contributed by atoms with Gasteiger partial charge < -0.3 is 0 Å². The van der Waals surface area contributed by atoms with Crippen LogP contribution in [0.1, 0.15) is 13.8 Å². The summed E-state index contributed by atoms with van der Waals surface area (Å²) in [5.74, 6) is -0.143. The third-order valence-corrected chi connectivity index (χ3v) is 4.20. The van der Waals surface area contributed by atoms with Gasteiger partial charge in [-0.1, -0.05) is 60.2 Å². The van der Waals surface area contributed by atoms with Gasteiger partial charge in [-0.2, -0.15) is 0 Å². The van der Waals surface area contributed by atoms with Crippen LogP contribution >= 0.6 is 11.3 Å². The highest BCUT2D eigenvalue weighted by Gasteiger charge is 2.07. The summed E-state index contributed by atoms with van der Waals surface area (Å²) in [6.07, 6.45) is 1.57. The Morgan fingerprint density at radius 3 is 2.25 bits per heavy atom. The molecule has 2 aromatic carbocycles. The molecule has 4 heteroatoms. The zero-order valence-electron chi connectivity index (χ0n) is 13.6. The van der Waals surface area contributed by atoms with Crippen molar-refractivity contribution in [1.29, 1.82) is 0 Å². The van der Waals surface area contributed by atoms with E-state index in [1.807, 2.05) is 37.4 Å². The molecule has 0 aliphatic rings. The van der Waals surface area contributed by atoms with Crippen molar-refractivity contribution in [3.8, 4) is 22.4 Å². The van der Waals surface area contributed by atoms with Crippen LogP contribution < -0.4 is 5.32 Å². The van der Waals surface area contributed by atoms with E-state index in [4.69, 9.17) is 0 Å². The number of nitrogens with zero attached hydrogens (tertiary/aromatic N) is 1. The maximum Gasteiger partial charge on any atom is 0.250 e. The Labute approximate surface area is 145 Å². The molecule has 1 heterocycles. The molecule has 0 saturated carbocycles. The lowest BCUT2D eigenvalue weighted by Crippen LogP contribution is -2.07. The van der Waals surface area contributed by atoms with Gasteiger partial charge in [-0.25, -0.2) is 4.98 Å². The predicted octanol–water partition coefficient (Wildman–Crippen LogP) is 5.38. The average Bonchev–Trinajstić information content (AvgIpc) is 3.03. The molecule has 3 rings (SSSR count). The number of amides is 1. The Morgan fingerprint density at radius 2 is 1.58 bits per heavy atom. The van der Waals surface area contributed by atoms with Crippen molar-refractivity contribution in [2.24, 2.45) is 0 Å². The molecule has 3 nitrogen and oxygen atoms in total. The Bertz CT molecular complexity index is 860. The number of nitrogens with one attached hydrogen (secondary N) is 1. The van der Waals surface area contributed by atoms with Crippen molar-refractivity contribution in [2.45, 2.75) is 13.8 Å². The number of hydrogen-bond donors (Lipinski definition) is 1. The van der Waals surface area contributed by atoms with E-state index in [9.17, 15) is 4.79 Å². The smallest absolute Gasteiger partial charge is 0.250 e. The van der Waals surface area contributed by atoms with Crippen LogP contribution in [0.25, 0.3) is 22.4 Å². The highest BCUT2D eigenvalue weighted by molar-refractivity contribution is 7.14. The van der Waals surface area contributed by atoms with Crippen LogP contribution in [0.4, 0.5) is 5.13 Å². The summed E-state index contributed by atoms with van der Waals surface area (Å²) in [7, 11) is 0. The van der Waals surface area contributed by atoms with Gasteiger partial charge in [0.15, 0.2) is 5.13 Å². The highest BCUT2D eigenvalue weighted by Crippen LogP contribution is 2.27. The van der Waals surface area contributed by atoms with Gasteiger partial charge in [0.2, 0.25) is 5.91 Å². The fraction of sp³-hybridized carbons (Fsp3) is 0.100. The first kappa shape index (κ1) is 16.1. The Balaban J connectivity index is 1.76. The number of thiazole rings is 1.